The lowest BCUT2D eigenvalue weighted by molar-refractivity contribution is 0.173. The van der Waals surface area contributed by atoms with Crippen LogP contribution in [0.4, 0.5) is 0 Å². The first kappa shape index (κ1) is 12.6. The Morgan fingerprint density at radius 3 is 2.84 bits per heavy atom. The molecule has 1 aliphatic rings. The fourth-order valence-electron chi connectivity index (χ4n) is 2.18. The van der Waals surface area contributed by atoms with Crippen molar-refractivity contribution in [2.24, 2.45) is 0 Å². The highest BCUT2D eigenvalue weighted by molar-refractivity contribution is 6.30. The maximum absolute atomic E-state index is 9.47. The largest absolute Gasteiger partial charge is 0.392 e. The molecule has 1 fully saturated rings. The van der Waals surface area contributed by atoms with Crippen molar-refractivity contribution < 1.29 is 9.63 Å². The SMILES string of the molecule is O[C@H]1CCN(Cc2noc(-c3ccc(Cl)cc3)n2)C1. The Bertz CT molecular complexity index is 555. The van der Waals surface area contributed by atoms with Crippen LogP contribution in [0.3, 0.4) is 0 Å². The number of halogens is 1. The number of nitrogens with zero attached hydrogens (tertiary/aromatic N) is 3. The highest BCUT2D eigenvalue weighted by Crippen LogP contribution is 2.20. The second-order valence-electron chi connectivity index (χ2n) is 4.70. The van der Waals surface area contributed by atoms with E-state index in [4.69, 9.17) is 16.1 Å². The second-order valence-corrected chi connectivity index (χ2v) is 5.14. The molecule has 100 valence electrons. The topological polar surface area (TPSA) is 62.4 Å². The fraction of sp³-hybridized carbons (Fsp3) is 0.385. The zero-order chi connectivity index (χ0) is 13.2. The summed E-state index contributed by atoms with van der Waals surface area (Å²) < 4.78 is 5.23. The zero-order valence-electron chi connectivity index (χ0n) is 10.3. The standard InChI is InChI=1S/C13H14ClN3O2/c14-10-3-1-9(2-4-10)13-15-12(16-19-13)8-17-6-5-11(18)7-17/h1-4,11,18H,5-8H2/t11-/m0/s1. The smallest absolute Gasteiger partial charge is 0.257 e. The van der Waals surface area contributed by atoms with E-state index in [1.54, 1.807) is 12.1 Å². The lowest BCUT2D eigenvalue weighted by atomic mass is 10.2. The Morgan fingerprint density at radius 2 is 2.16 bits per heavy atom. The maximum atomic E-state index is 9.47. The average Bonchev–Trinajstić information content (AvgIpc) is 3.00. The van der Waals surface area contributed by atoms with E-state index in [9.17, 15) is 5.11 Å². The molecule has 3 rings (SSSR count). The lowest BCUT2D eigenvalue weighted by Gasteiger charge is -2.10. The van der Waals surface area contributed by atoms with Crippen molar-refractivity contribution in [1.29, 1.82) is 0 Å². The summed E-state index contributed by atoms with van der Waals surface area (Å²) in [6.07, 6.45) is 0.574. The normalized spacial score (nSPS) is 20.0. The van der Waals surface area contributed by atoms with E-state index in [0.29, 0.717) is 29.8 Å². The average molecular weight is 280 g/mol. The van der Waals surface area contributed by atoms with E-state index in [1.807, 2.05) is 12.1 Å². The number of hydrogen-bond acceptors (Lipinski definition) is 5. The van der Waals surface area contributed by atoms with Gasteiger partial charge in [0, 0.05) is 23.7 Å². The molecule has 0 radical (unpaired) electrons. The van der Waals surface area contributed by atoms with Gasteiger partial charge in [-0.1, -0.05) is 16.8 Å². The molecular formula is C13H14ClN3O2. The number of aromatic nitrogens is 2. The number of hydrogen-bond donors (Lipinski definition) is 1. The van der Waals surface area contributed by atoms with Crippen LogP contribution in [0.25, 0.3) is 11.5 Å². The molecule has 0 bridgehead atoms. The number of β-amino-alcohol motifs (C(OH)–C–C–N with tert-alkyl or cyclic N) is 1. The number of likely N-dealkylation sites (tertiary alicyclic amines) is 1. The Morgan fingerprint density at radius 1 is 1.37 bits per heavy atom. The summed E-state index contributed by atoms with van der Waals surface area (Å²) in [6, 6.07) is 7.27. The van der Waals surface area contributed by atoms with Crippen molar-refractivity contribution in [3.8, 4) is 11.5 Å². The Kier molecular flexibility index (Phi) is 3.50. The molecule has 0 saturated carbocycles. The summed E-state index contributed by atoms with van der Waals surface area (Å²) in [7, 11) is 0. The van der Waals surface area contributed by atoms with Crippen LogP contribution in [0.2, 0.25) is 5.02 Å². The number of benzene rings is 1. The summed E-state index contributed by atoms with van der Waals surface area (Å²) in [4.78, 5) is 6.47. The van der Waals surface area contributed by atoms with Gasteiger partial charge in [-0.25, -0.2) is 0 Å². The highest BCUT2D eigenvalue weighted by atomic mass is 35.5. The minimum absolute atomic E-state index is 0.234. The van der Waals surface area contributed by atoms with Crippen molar-refractivity contribution in [2.75, 3.05) is 13.1 Å². The lowest BCUT2D eigenvalue weighted by Crippen LogP contribution is -2.22. The summed E-state index contributed by atoms with van der Waals surface area (Å²) in [5.74, 6) is 1.13. The van der Waals surface area contributed by atoms with Crippen LogP contribution in [0.15, 0.2) is 28.8 Å². The predicted octanol–water partition coefficient (Wildman–Crippen LogP) is 1.96. The summed E-state index contributed by atoms with van der Waals surface area (Å²) in [5.41, 5.74) is 0.851. The van der Waals surface area contributed by atoms with E-state index < -0.39 is 0 Å². The summed E-state index contributed by atoms with van der Waals surface area (Å²) in [6.45, 7) is 2.14. The van der Waals surface area contributed by atoms with Crippen LogP contribution >= 0.6 is 11.6 Å². The third-order valence-electron chi connectivity index (χ3n) is 3.17. The fourth-order valence-corrected chi connectivity index (χ4v) is 2.31. The van der Waals surface area contributed by atoms with Crippen molar-refractivity contribution >= 4 is 11.6 Å². The van der Waals surface area contributed by atoms with E-state index in [-0.39, 0.29) is 6.10 Å². The highest BCUT2D eigenvalue weighted by Gasteiger charge is 2.21. The van der Waals surface area contributed by atoms with Crippen molar-refractivity contribution in [3.63, 3.8) is 0 Å². The van der Waals surface area contributed by atoms with Crippen LogP contribution < -0.4 is 0 Å². The molecule has 1 N–H and O–H groups in total. The Balaban J connectivity index is 1.71. The second kappa shape index (κ2) is 5.28. The van der Waals surface area contributed by atoms with Crippen molar-refractivity contribution in [1.82, 2.24) is 15.0 Å². The molecule has 1 saturated heterocycles. The summed E-state index contributed by atoms with van der Waals surface area (Å²) in [5, 5.41) is 14.1. The molecule has 0 amide bonds. The van der Waals surface area contributed by atoms with Crippen LogP contribution in [0, 0.1) is 0 Å². The van der Waals surface area contributed by atoms with Crippen LogP contribution in [-0.2, 0) is 6.54 Å². The van der Waals surface area contributed by atoms with Gasteiger partial charge in [-0.15, -0.1) is 0 Å². The van der Waals surface area contributed by atoms with Gasteiger partial charge in [0.1, 0.15) is 0 Å². The summed E-state index contributed by atoms with van der Waals surface area (Å²) >= 11 is 5.83. The third kappa shape index (κ3) is 2.94. The van der Waals surface area contributed by atoms with Gasteiger partial charge in [0.05, 0.1) is 12.6 Å². The Hall–Kier alpha value is -1.43. The molecular weight excluding hydrogens is 266 g/mol. The van der Waals surface area contributed by atoms with Gasteiger partial charge < -0.3 is 9.63 Å². The van der Waals surface area contributed by atoms with Gasteiger partial charge in [-0.2, -0.15) is 4.98 Å². The van der Waals surface area contributed by atoms with Crippen LogP contribution in [0.5, 0.6) is 0 Å². The molecule has 6 heteroatoms. The first-order valence-electron chi connectivity index (χ1n) is 6.19. The van der Waals surface area contributed by atoms with Gasteiger partial charge in [-0.05, 0) is 30.7 Å². The predicted molar refractivity (Wildman–Crippen MR) is 70.6 cm³/mol. The van der Waals surface area contributed by atoms with E-state index in [2.05, 4.69) is 15.0 Å². The molecule has 1 atom stereocenters. The van der Waals surface area contributed by atoms with Crippen LogP contribution in [-0.4, -0.2) is 39.3 Å². The van der Waals surface area contributed by atoms with Gasteiger partial charge in [0.25, 0.3) is 5.89 Å². The molecule has 19 heavy (non-hydrogen) atoms. The molecule has 1 aliphatic heterocycles. The number of rotatable bonds is 3. The van der Waals surface area contributed by atoms with Crippen molar-refractivity contribution in [3.05, 3.63) is 35.1 Å². The molecule has 0 aliphatic carbocycles. The van der Waals surface area contributed by atoms with E-state index >= 15 is 0 Å². The molecule has 1 aromatic carbocycles. The van der Waals surface area contributed by atoms with Crippen LogP contribution in [0.1, 0.15) is 12.2 Å². The van der Waals surface area contributed by atoms with E-state index in [1.165, 1.54) is 0 Å². The molecule has 0 unspecified atom stereocenters. The molecule has 2 aromatic rings. The zero-order valence-corrected chi connectivity index (χ0v) is 11.0. The molecule has 5 nitrogen and oxygen atoms in total. The number of aliphatic hydroxyl groups is 1. The maximum Gasteiger partial charge on any atom is 0.257 e. The van der Waals surface area contributed by atoms with E-state index in [0.717, 1.165) is 18.5 Å². The monoisotopic (exact) mass is 279 g/mol. The molecule has 1 aromatic heterocycles. The molecule has 2 heterocycles. The van der Waals surface area contributed by atoms with Gasteiger partial charge >= 0.3 is 0 Å². The van der Waals surface area contributed by atoms with Gasteiger partial charge in [-0.3, -0.25) is 4.90 Å². The quantitative estimate of drug-likeness (QED) is 0.930. The first-order valence-corrected chi connectivity index (χ1v) is 6.57. The third-order valence-corrected chi connectivity index (χ3v) is 3.42. The minimum atomic E-state index is -0.234. The van der Waals surface area contributed by atoms with Gasteiger partial charge in [0.2, 0.25) is 0 Å². The first-order chi connectivity index (χ1) is 9.20. The molecule has 0 spiro atoms. The number of aliphatic hydroxyl groups excluding tert-OH is 1. The Labute approximate surface area is 115 Å². The van der Waals surface area contributed by atoms with Gasteiger partial charge in [0.15, 0.2) is 5.82 Å². The van der Waals surface area contributed by atoms with Crippen molar-refractivity contribution in [2.45, 2.75) is 19.1 Å². The minimum Gasteiger partial charge on any atom is -0.392 e.